The lowest BCUT2D eigenvalue weighted by molar-refractivity contribution is 0.0258. The van der Waals surface area contributed by atoms with E-state index in [1.807, 2.05) is 26.8 Å². The zero-order chi connectivity index (χ0) is 20.8. The third-order valence-electron chi connectivity index (χ3n) is 5.75. The van der Waals surface area contributed by atoms with E-state index >= 15 is 0 Å². The van der Waals surface area contributed by atoms with Crippen molar-refractivity contribution in [2.45, 2.75) is 70.8 Å². The van der Waals surface area contributed by atoms with Crippen molar-refractivity contribution in [2.24, 2.45) is 4.99 Å². The van der Waals surface area contributed by atoms with Crippen LogP contribution in [0.2, 0.25) is 0 Å². The van der Waals surface area contributed by atoms with Gasteiger partial charge in [-0.05, 0) is 52.2 Å². The number of carbonyl (C=O) groups excluding carboxylic acids is 1. The van der Waals surface area contributed by atoms with E-state index in [9.17, 15) is 4.79 Å². The Kier molecular flexibility index (Phi) is 4.93. The van der Waals surface area contributed by atoms with Crippen molar-refractivity contribution in [3.8, 4) is 0 Å². The summed E-state index contributed by atoms with van der Waals surface area (Å²) in [6.45, 7) is 11.3. The quantitative estimate of drug-likeness (QED) is 0.767. The number of fused-ring (bicyclic) bond motifs is 2. The number of nitrogens with zero attached hydrogens (tertiary/aromatic N) is 2. The second-order valence-electron chi connectivity index (χ2n) is 9.51. The molecule has 0 spiro atoms. The van der Waals surface area contributed by atoms with E-state index in [-0.39, 0.29) is 23.8 Å². The molecule has 0 aliphatic carbocycles. The van der Waals surface area contributed by atoms with Crippen molar-refractivity contribution in [1.29, 1.82) is 0 Å². The van der Waals surface area contributed by atoms with Crippen LogP contribution in [-0.2, 0) is 14.9 Å². The number of benzene rings is 1. The summed E-state index contributed by atoms with van der Waals surface area (Å²) in [5.74, 6) is 0.923. The first-order valence-electron chi connectivity index (χ1n) is 10.4. The van der Waals surface area contributed by atoms with E-state index in [0.29, 0.717) is 13.1 Å². The molecule has 6 heteroatoms. The van der Waals surface area contributed by atoms with Crippen molar-refractivity contribution in [3.63, 3.8) is 0 Å². The lowest BCUT2D eigenvalue weighted by atomic mass is 9.83. The van der Waals surface area contributed by atoms with Gasteiger partial charge in [0.25, 0.3) is 0 Å². The Bertz CT molecular complexity index is 852. The van der Waals surface area contributed by atoms with Crippen molar-refractivity contribution in [3.05, 3.63) is 47.2 Å². The van der Waals surface area contributed by atoms with Crippen molar-refractivity contribution < 1.29 is 14.3 Å². The number of amides is 1. The number of ether oxygens (including phenoxy) is 2. The molecule has 2 unspecified atom stereocenters. The lowest BCUT2D eigenvalue weighted by Crippen LogP contribution is -2.41. The van der Waals surface area contributed by atoms with Gasteiger partial charge in [0, 0.05) is 30.6 Å². The molecule has 3 heterocycles. The molecule has 156 valence electrons. The molecule has 1 aromatic rings. The Morgan fingerprint density at radius 3 is 2.52 bits per heavy atom. The number of nitrogens with one attached hydrogen (secondary N) is 1. The fourth-order valence-corrected chi connectivity index (χ4v) is 3.96. The van der Waals surface area contributed by atoms with Gasteiger partial charge in [0.2, 0.25) is 0 Å². The van der Waals surface area contributed by atoms with Gasteiger partial charge in [-0.15, -0.1) is 0 Å². The largest absolute Gasteiger partial charge is 0.444 e. The number of carbonyl (C=O) groups is 1. The van der Waals surface area contributed by atoms with Gasteiger partial charge in [-0.1, -0.05) is 30.3 Å². The maximum atomic E-state index is 12.6. The highest BCUT2D eigenvalue weighted by Crippen LogP contribution is 2.39. The lowest BCUT2D eigenvalue weighted by Gasteiger charge is -2.29. The summed E-state index contributed by atoms with van der Waals surface area (Å²) in [6, 6.07) is 10.4. The standard InChI is InChI=1S/C23H31N3O3/c1-22(2,3)29-21(27)26-13-11-16-17(12-14-26)24-20(25-19-18(16)28-19)23(4,5)15-9-7-6-8-10-15/h6-10,18-19H,11-14H2,1-5H3,(H,24,25). The fraction of sp³-hybridized carbons (Fsp3) is 0.565. The summed E-state index contributed by atoms with van der Waals surface area (Å²) < 4.78 is 11.5. The summed E-state index contributed by atoms with van der Waals surface area (Å²) in [7, 11) is 0. The van der Waals surface area contributed by atoms with E-state index < -0.39 is 5.60 Å². The molecule has 1 amide bonds. The van der Waals surface area contributed by atoms with Crippen molar-refractivity contribution in [1.82, 2.24) is 10.2 Å². The van der Waals surface area contributed by atoms with E-state index in [1.165, 1.54) is 11.1 Å². The van der Waals surface area contributed by atoms with E-state index in [4.69, 9.17) is 14.5 Å². The van der Waals surface area contributed by atoms with Crippen LogP contribution in [0.3, 0.4) is 0 Å². The molecule has 3 aliphatic heterocycles. The Hall–Kier alpha value is -2.34. The highest BCUT2D eigenvalue weighted by atomic mass is 16.6. The highest BCUT2D eigenvalue weighted by Gasteiger charge is 2.47. The number of hydrogen-bond acceptors (Lipinski definition) is 5. The summed E-state index contributed by atoms with van der Waals surface area (Å²) >= 11 is 0. The molecule has 0 bridgehead atoms. The molecule has 6 nitrogen and oxygen atoms in total. The van der Waals surface area contributed by atoms with Gasteiger partial charge in [0.05, 0.1) is 0 Å². The van der Waals surface area contributed by atoms with Gasteiger partial charge in [0.1, 0.15) is 17.5 Å². The van der Waals surface area contributed by atoms with E-state index in [0.717, 1.165) is 24.4 Å². The molecule has 0 saturated carbocycles. The molecular weight excluding hydrogens is 366 g/mol. The minimum atomic E-state index is -0.490. The summed E-state index contributed by atoms with van der Waals surface area (Å²) in [4.78, 5) is 19.2. The summed E-state index contributed by atoms with van der Waals surface area (Å²) in [6.07, 6.45) is 1.17. The van der Waals surface area contributed by atoms with Crippen LogP contribution in [0.15, 0.2) is 46.6 Å². The molecule has 29 heavy (non-hydrogen) atoms. The summed E-state index contributed by atoms with van der Waals surface area (Å²) in [5, 5.41) is 3.64. The maximum Gasteiger partial charge on any atom is 0.410 e. The number of aliphatic imine (C=N–C) groups is 1. The van der Waals surface area contributed by atoms with Gasteiger partial charge >= 0.3 is 6.09 Å². The first kappa shape index (κ1) is 20.0. The fourth-order valence-electron chi connectivity index (χ4n) is 3.96. The second kappa shape index (κ2) is 7.17. The van der Waals surface area contributed by atoms with Crippen LogP contribution in [0.1, 0.15) is 53.0 Å². The number of amidine groups is 1. The number of hydrogen-bond donors (Lipinski definition) is 1. The third-order valence-corrected chi connectivity index (χ3v) is 5.75. The molecule has 4 rings (SSSR count). The average molecular weight is 398 g/mol. The molecule has 3 aliphatic rings. The second-order valence-corrected chi connectivity index (χ2v) is 9.51. The minimum absolute atomic E-state index is 0.0279. The molecule has 0 aromatic heterocycles. The van der Waals surface area contributed by atoms with E-state index in [2.05, 4.69) is 43.4 Å². The molecule has 0 radical (unpaired) electrons. The van der Waals surface area contributed by atoms with Crippen LogP contribution in [-0.4, -0.2) is 47.9 Å². The van der Waals surface area contributed by atoms with Crippen LogP contribution in [0, 0.1) is 0 Å². The van der Waals surface area contributed by atoms with Gasteiger partial charge < -0.3 is 19.7 Å². The van der Waals surface area contributed by atoms with Crippen LogP contribution in [0.4, 0.5) is 4.79 Å². The van der Waals surface area contributed by atoms with Gasteiger partial charge in [-0.2, -0.15) is 0 Å². The van der Waals surface area contributed by atoms with Gasteiger partial charge in [-0.25, -0.2) is 9.79 Å². The molecule has 2 atom stereocenters. The Labute approximate surface area is 173 Å². The zero-order valence-corrected chi connectivity index (χ0v) is 18.0. The van der Waals surface area contributed by atoms with Crippen LogP contribution >= 0.6 is 0 Å². The predicted octanol–water partition coefficient (Wildman–Crippen LogP) is 3.98. The minimum Gasteiger partial charge on any atom is -0.444 e. The van der Waals surface area contributed by atoms with Gasteiger partial charge in [-0.3, -0.25) is 0 Å². The smallest absolute Gasteiger partial charge is 0.410 e. The molecule has 1 N–H and O–H groups in total. The normalized spacial score (nSPS) is 24.4. The summed E-state index contributed by atoms with van der Waals surface area (Å²) in [5.41, 5.74) is 2.83. The Balaban J connectivity index is 1.53. The Morgan fingerprint density at radius 1 is 1.14 bits per heavy atom. The maximum absolute atomic E-state index is 12.6. The van der Waals surface area contributed by atoms with E-state index in [1.54, 1.807) is 4.90 Å². The first-order valence-corrected chi connectivity index (χ1v) is 10.4. The first-order chi connectivity index (χ1) is 13.6. The van der Waals surface area contributed by atoms with Crippen molar-refractivity contribution >= 4 is 11.9 Å². The zero-order valence-electron chi connectivity index (χ0n) is 18.0. The molecule has 1 fully saturated rings. The SMILES string of the molecule is CC(C)(C)OC(=O)N1CCC2=C(CC1)C1OC1N=C(C(C)(C)c1ccccc1)N2. The highest BCUT2D eigenvalue weighted by molar-refractivity contribution is 5.94. The average Bonchev–Trinajstić information content (AvgIpc) is 3.42. The predicted molar refractivity (Wildman–Crippen MR) is 113 cm³/mol. The monoisotopic (exact) mass is 397 g/mol. The third kappa shape index (κ3) is 4.17. The van der Waals surface area contributed by atoms with Crippen molar-refractivity contribution in [2.75, 3.05) is 13.1 Å². The molecular formula is C23H31N3O3. The molecule has 1 aromatic carbocycles. The van der Waals surface area contributed by atoms with Gasteiger partial charge in [0.15, 0.2) is 6.23 Å². The van der Waals surface area contributed by atoms with Crippen LogP contribution in [0.5, 0.6) is 0 Å². The number of epoxide rings is 1. The van der Waals surface area contributed by atoms with Crippen LogP contribution in [0.25, 0.3) is 0 Å². The molecule has 1 saturated heterocycles. The topological polar surface area (TPSA) is 66.5 Å². The number of rotatable bonds is 2. The Morgan fingerprint density at radius 2 is 1.83 bits per heavy atom. The van der Waals surface area contributed by atoms with Crippen LogP contribution < -0.4 is 5.32 Å².